The maximum atomic E-state index is 12.8. The van der Waals surface area contributed by atoms with E-state index in [1.165, 1.54) is 186 Å². The minimum absolute atomic E-state index is 0.141. The molecule has 0 aliphatic carbocycles. The molecule has 0 aliphatic rings. The van der Waals surface area contributed by atoms with Gasteiger partial charge in [0.2, 0.25) is 0 Å². The van der Waals surface area contributed by atoms with E-state index in [0.29, 0.717) is 17.4 Å². The van der Waals surface area contributed by atoms with Gasteiger partial charge in [0.05, 0.1) is 40.3 Å². The van der Waals surface area contributed by atoms with Gasteiger partial charge in [-0.1, -0.05) is 254 Å². The van der Waals surface area contributed by atoms with E-state index < -0.39 is 24.3 Å². The van der Waals surface area contributed by atoms with Crippen LogP contribution in [0.5, 0.6) is 0 Å². The summed E-state index contributed by atoms with van der Waals surface area (Å²) >= 11 is 0. The van der Waals surface area contributed by atoms with Crippen molar-refractivity contribution in [2.45, 2.75) is 296 Å². The molecule has 0 spiro atoms. The maximum Gasteiger partial charge on any atom is 0.306 e. The van der Waals surface area contributed by atoms with Gasteiger partial charge in [0.1, 0.15) is 13.2 Å². The second-order valence-corrected chi connectivity index (χ2v) is 22.3. The second kappa shape index (κ2) is 57.2. The molecular weight excluding hydrogens is 935 g/mol. The van der Waals surface area contributed by atoms with E-state index in [0.717, 1.165) is 64.2 Å². The van der Waals surface area contributed by atoms with E-state index in [1.54, 1.807) is 0 Å². The van der Waals surface area contributed by atoms with Crippen LogP contribution in [0.4, 0.5) is 0 Å². The Morgan fingerprint density at radius 2 is 0.760 bits per heavy atom. The second-order valence-electron chi connectivity index (χ2n) is 22.3. The summed E-state index contributed by atoms with van der Waals surface area (Å²) < 4.78 is 22.6. The predicted molar refractivity (Wildman–Crippen MR) is 315 cm³/mol. The molecule has 0 amide bonds. The fraction of sp³-hybridized carbons (Fsp3) is 0.803. The third kappa shape index (κ3) is 58.5. The molecule has 9 heteroatoms. The SMILES string of the molecule is CC/C=C\C/C=C\C/C=C\CCCCCC(=O)OC(COC(=O)CCCCCCCCCCCCCCCCCCCCCCCCCCC/C=C\C/C=C\CCCCCCC)COC(OCC[N+](C)(C)C)C(=O)[O-]. The number of ether oxygens (including phenoxy) is 4. The molecule has 0 bridgehead atoms. The number of carboxylic acid groups (broad SMARTS) is 1. The van der Waals surface area contributed by atoms with Gasteiger partial charge in [-0.25, -0.2) is 0 Å². The van der Waals surface area contributed by atoms with Crippen LogP contribution in [0, 0.1) is 0 Å². The van der Waals surface area contributed by atoms with Gasteiger partial charge < -0.3 is 33.3 Å². The number of likely N-dealkylation sites (N-methyl/N-ethyl adjacent to an activating group) is 1. The number of esters is 2. The van der Waals surface area contributed by atoms with E-state index >= 15 is 0 Å². The molecular formula is C66H119NO8. The molecule has 2 unspecified atom stereocenters. The lowest BCUT2D eigenvalue weighted by molar-refractivity contribution is -0.870. The summed E-state index contributed by atoms with van der Waals surface area (Å²) in [6.07, 6.45) is 70.4. The first-order chi connectivity index (χ1) is 36.6. The zero-order valence-corrected chi connectivity index (χ0v) is 49.7. The van der Waals surface area contributed by atoms with Gasteiger partial charge >= 0.3 is 11.9 Å². The molecule has 0 radical (unpaired) electrons. The van der Waals surface area contributed by atoms with Gasteiger partial charge in [0.15, 0.2) is 12.4 Å². The molecule has 0 fully saturated rings. The minimum Gasteiger partial charge on any atom is -0.545 e. The van der Waals surface area contributed by atoms with Crippen LogP contribution in [0.15, 0.2) is 60.8 Å². The number of allylic oxidation sites excluding steroid dienone is 10. The Balaban J connectivity index is 3.95. The standard InChI is InChI=1S/C66H119NO8/c1-6-8-10-12-14-16-18-20-21-22-23-24-25-26-27-28-29-30-31-32-33-34-35-36-37-38-39-40-41-42-43-45-46-48-50-52-54-56-63(68)73-60-62(61-74-66(65(70)71)72-59-58-67(3,4)5)75-64(69)57-55-53-51-49-47-44-19-17-15-13-11-9-7-2/h9,11,15,17-18,20,22-23,44,47,62,66H,6-8,10,12-14,16,19,21,24-43,45-46,48-61H2,1-5H3/b11-9-,17-15-,20-18-,23-22-,47-44-. The fourth-order valence-electron chi connectivity index (χ4n) is 8.94. The van der Waals surface area contributed by atoms with Crippen molar-refractivity contribution in [3.05, 3.63) is 60.8 Å². The summed E-state index contributed by atoms with van der Waals surface area (Å²) in [4.78, 5) is 37.2. The molecule has 0 N–H and O–H groups in total. The highest BCUT2D eigenvalue weighted by Gasteiger charge is 2.22. The molecule has 0 saturated heterocycles. The number of rotatable bonds is 58. The van der Waals surface area contributed by atoms with Gasteiger partial charge in [-0.3, -0.25) is 9.59 Å². The van der Waals surface area contributed by atoms with Crippen molar-refractivity contribution < 1.29 is 42.9 Å². The molecule has 9 nitrogen and oxygen atoms in total. The number of carbonyl (C=O) groups excluding carboxylic acids is 3. The minimum atomic E-state index is -1.63. The topological polar surface area (TPSA) is 111 Å². The van der Waals surface area contributed by atoms with E-state index in [9.17, 15) is 19.5 Å². The monoisotopic (exact) mass is 1050 g/mol. The van der Waals surface area contributed by atoms with Gasteiger partial charge in [-0.15, -0.1) is 0 Å². The summed E-state index contributed by atoms with van der Waals surface area (Å²) in [6.45, 7) is 4.60. The van der Waals surface area contributed by atoms with E-state index in [4.69, 9.17) is 18.9 Å². The number of quaternary nitrogens is 1. The quantitative estimate of drug-likeness (QED) is 0.0195. The smallest absolute Gasteiger partial charge is 0.306 e. The number of unbranched alkanes of at least 4 members (excludes halogenated alkanes) is 33. The molecule has 436 valence electrons. The van der Waals surface area contributed by atoms with E-state index in [2.05, 4.69) is 74.6 Å². The summed E-state index contributed by atoms with van der Waals surface area (Å²) in [5.74, 6) is -2.32. The van der Waals surface area contributed by atoms with Gasteiger partial charge in [0.25, 0.3) is 0 Å². The normalized spacial score (nSPS) is 13.1. The van der Waals surface area contributed by atoms with Crippen LogP contribution in [-0.4, -0.2) is 82.3 Å². The van der Waals surface area contributed by atoms with E-state index in [1.807, 2.05) is 21.1 Å². The summed E-state index contributed by atoms with van der Waals surface area (Å²) in [6, 6.07) is 0. The van der Waals surface area contributed by atoms with Crippen LogP contribution < -0.4 is 5.11 Å². The van der Waals surface area contributed by atoms with Crippen LogP contribution in [0.1, 0.15) is 284 Å². The predicted octanol–water partition coefficient (Wildman–Crippen LogP) is 17.5. The first kappa shape index (κ1) is 72.0. The highest BCUT2D eigenvalue weighted by molar-refractivity contribution is 5.70. The van der Waals surface area contributed by atoms with Crippen molar-refractivity contribution in [2.24, 2.45) is 0 Å². The molecule has 0 aromatic rings. The summed E-state index contributed by atoms with van der Waals surface area (Å²) in [5, 5.41) is 11.7. The maximum absolute atomic E-state index is 12.8. The van der Waals surface area contributed by atoms with Crippen molar-refractivity contribution in [3.8, 4) is 0 Å². The largest absolute Gasteiger partial charge is 0.545 e. The van der Waals surface area contributed by atoms with Crippen LogP contribution in [0.3, 0.4) is 0 Å². The van der Waals surface area contributed by atoms with Crippen molar-refractivity contribution in [3.63, 3.8) is 0 Å². The molecule has 2 atom stereocenters. The average molecular weight is 1050 g/mol. The highest BCUT2D eigenvalue weighted by Crippen LogP contribution is 2.17. The van der Waals surface area contributed by atoms with Crippen LogP contribution in [0.2, 0.25) is 0 Å². The molecule has 75 heavy (non-hydrogen) atoms. The van der Waals surface area contributed by atoms with Crippen LogP contribution in [-0.2, 0) is 33.3 Å². The third-order valence-electron chi connectivity index (χ3n) is 13.7. The Bertz CT molecular complexity index is 1410. The molecule has 0 aromatic heterocycles. The molecule has 0 saturated carbocycles. The summed E-state index contributed by atoms with van der Waals surface area (Å²) in [5.41, 5.74) is 0. The Morgan fingerprint density at radius 3 is 1.15 bits per heavy atom. The highest BCUT2D eigenvalue weighted by atomic mass is 16.7. The number of nitrogens with zero attached hydrogens (tertiary/aromatic N) is 1. The van der Waals surface area contributed by atoms with Crippen LogP contribution >= 0.6 is 0 Å². The van der Waals surface area contributed by atoms with Gasteiger partial charge in [0, 0.05) is 12.8 Å². The lowest BCUT2D eigenvalue weighted by Gasteiger charge is -2.26. The molecule has 0 rings (SSSR count). The number of aliphatic carboxylic acids is 1. The Labute approximate surface area is 463 Å². The van der Waals surface area contributed by atoms with Crippen molar-refractivity contribution >= 4 is 17.9 Å². The molecule has 0 aromatic carbocycles. The number of hydrogen-bond donors (Lipinski definition) is 0. The molecule has 0 aliphatic heterocycles. The van der Waals surface area contributed by atoms with Crippen molar-refractivity contribution in [2.75, 3.05) is 47.5 Å². The lowest BCUT2D eigenvalue weighted by Crippen LogP contribution is -2.44. The zero-order valence-electron chi connectivity index (χ0n) is 49.7. The lowest BCUT2D eigenvalue weighted by atomic mass is 10.0. The van der Waals surface area contributed by atoms with Gasteiger partial charge in [-0.05, 0) is 77.0 Å². The Hall–Kier alpha value is -3.01. The zero-order chi connectivity index (χ0) is 54.8. The summed E-state index contributed by atoms with van der Waals surface area (Å²) in [7, 11) is 5.91. The average Bonchev–Trinajstić information content (AvgIpc) is 3.38. The van der Waals surface area contributed by atoms with Crippen molar-refractivity contribution in [1.29, 1.82) is 0 Å². The Kier molecular flexibility index (Phi) is 54.9. The molecule has 0 heterocycles. The van der Waals surface area contributed by atoms with Crippen molar-refractivity contribution in [1.82, 2.24) is 0 Å². The first-order valence-corrected chi connectivity index (χ1v) is 31.4. The fourth-order valence-corrected chi connectivity index (χ4v) is 8.94. The third-order valence-corrected chi connectivity index (χ3v) is 13.7. The number of carbonyl (C=O) groups is 3. The van der Waals surface area contributed by atoms with Gasteiger partial charge in [-0.2, -0.15) is 0 Å². The number of carboxylic acids is 1. The van der Waals surface area contributed by atoms with Crippen LogP contribution in [0.25, 0.3) is 0 Å². The number of hydrogen-bond acceptors (Lipinski definition) is 8. The Morgan fingerprint density at radius 1 is 0.413 bits per heavy atom. The first-order valence-electron chi connectivity index (χ1n) is 31.4. The van der Waals surface area contributed by atoms with E-state index in [-0.39, 0.29) is 38.6 Å².